The molecule has 0 saturated heterocycles. The van der Waals surface area contributed by atoms with Crippen molar-refractivity contribution in [3.05, 3.63) is 23.7 Å². The lowest BCUT2D eigenvalue weighted by molar-refractivity contribution is 0.0595. The van der Waals surface area contributed by atoms with Gasteiger partial charge in [-0.3, -0.25) is 0 Å². The highest BCUT2D eigenvalue weighted by atomic mass is 16.5. The van der Waals surface area contributed by atoms with E-state index in [1.54, 1.807) is 4.57 Å². The fraction of sp³-hybridized carbons (Fsp3) is 0.455. The molecule has 2 heterocycles. The number of anilines is 1. The van der Waals surface area contributed by atoms with Crippen molar-refractivity contribution in [1.29, 1.82) is 0 Å². The van der Waals surface area contributed by atoms with Gasteiger partial charge in [-0.25, -0.2) is 9.78 Å². The van der Waals surface area contributed by atoms with E-state index >= 15 is 0 Å². The summed E-state index contributed by atoms with van der Waals surface area (Å²) in [5.74, 6) is 0.985. The summed E-state index contributed by atoms with van der Waals surface area (Å²) in [4.78, 5) is 19.7. The third kappa shape index (κ3) is 2.56. The van der Waals surface area contributed by atoms with Gasteiger partial charge in [0.25, 0.3) is 0 Å². The summed E-state index contributed by atoms with van der Waals surface area (Å²) < 4.78 is 11.3. The Morgan fingerprint density at radius 1 is 1.58 bits per heavy atom. The molecule has 0 saturated carbocycles. The number of carbonyl (C=O) groups excluding carboxylic acids is 1. The van der Waals surface area contributed by atoms with Crippen LogP contribution in [0.25, 0.3) is 0 Å². The number of nitrogen functional groups attached to an aromatic ring is 1. The van der Waals surface area contributed by atoms with Crippen molar-refractivity contribution in [2.75, 3.05) is 12.8 Å². The van der Waals surface area contributed by atoms with E-state index in [0.29, 0.717) is 31.1 Å². The monoisotopic (exact) mass is 265 g/mol. The van der Waals surface area contributed by atoms with E-state index in [2.05, 4.69) is 19.9 Å². The molecule has 2 N–H and O–H groups in total. The molecule has 0 radical (unpaired) electrons. The van der Waals surface area contributed by atoms with Crippen molar-refractivity contribution in [1.82, 2.24) is 19.7 Å². The molecule has 19 heavy (non-hydrogen) atoms. The number of aromatic nitrogens is 4. The number of esters is 1. The van der Waals surface area contributed by atoms with Crippen molar-refractivity contribution in [3.63, 3.8) is 0 Å². The lowest BCUT2D eigenvalue weighted by atomic mass is 10.3. The second kappa shape index (κ2) is 5.51. The highest BCUT2D eigenvalue weighted by Gasteiger charge is 2.20. The molecule has 0 aromatic carbocycles. The average Bonchev–Trinajstić information content (AvgIpc) is 3.03. The molecule has 8 heteroatoms. The minimum Gasteiger partial charge on any atom is -0.464 e. The topological polar surface area (TPSA) is 109 Å². The number of hydrogen-bond acceptors (Lipinski definition) is 7. The van der Waals surface area contributed by atoms with E-state index in [4.69, 9.17) is 10.3 Å². The van der Waals surface area contributed by atoms with Crippen LogP contribution in [0.5, 0.6) is 0 Å². The number of carbonyl (C=O) groups is 1. The lowest BCUT2D eigenvalue weighted by Crippen LogP contribution is -2.11. The number of ether oxygens (including phenoxy) is 1. The first-order valence-electron chi connectivity index (χ1n) is 5.86. The fourth-order valence-corrected chi connectivity index (χ4v) is 1.79. The third-order valence-electron chi connectivity index (χ3n) is 2.74. The van der Waals surface area contributed by atoms with Crippen molar-refractivity contribution in [2.45, 2.75) is 26.3 Å². The first-order valence-corrected chi connectivity index (χ1v) is 5.86. The van der Waals surface area contributed by atoms with Crippen LogP contribution in [0, 0.1) is 0 Å². The van der Waals surface area contributed by atoms with Crippen LogP contribution in [0.3, 0.4) is 0 Å². The van der Waals surface area contributed by atoms with E-state index in [1.807, 2.05) is 6.92 Å². The Kier molecular flexibility index (Phi) is 3.79. The van der Waals surface area contributed by atoms with E-state index < -0.39 is 5.97 Å². The first-order chi connectivity index (χ1) is 9.17. The number of imidazole rings is 1. The fourth-order valence-electron chi connectivity index (χ4n) is 1.79. The van der Waals surface area contributed by atoms with Crippen LogP contribution >= 0.6 is 0 Å². The summed E-state index contributed by atoms with van der Waals surface area (Å²) in [7, 11) is 1.30. The maximum absolute atomic E-state index is 11.5. The average molecular weight is 265 g/mol. The summed E-state index contributed by atoms with van der Waals surface area (Å²) in [6.07, 6.45) is 2.52. The number of nitrogens with zero attached hydrogens (tertiary/aromatic N) is 4. The van der Waals surface area contributed by atoms with Crippen LogP contribution in [-0.2, 0) is 24.1 Å². The Balaban J connectivity index is 2.23. The number of hydrogen-bond donors (Lipinski definition) is 1. The van der Waals surface area contributed by atoms with Crippen molar-refractivity contribution < 1.29 is 14.1 Å². The standard InChI is InChI=1S/C11H15N5O3/c1-3-7-15-9(11(17)18-2)10(12)16(7)5-4-8-13-6-14-19-8/h6H,3-5,12H2,1-2H3. The van der Waals surface area contributed by atoms with Gasteiger partial charge in [0.2, 0.25) is 5.89 Å². The van der Waals surface area contributed by atoms with Gasteiger partial charge in [0.05, 0.1) is 7.11 Å². The summed E-state index contributed by atoms with van der Waals surface area (Å²) in [6.45, 7) is 2.45. The Morgan fingerprint density at radius 3 is 2.95 bits per heavy atom. The largest absolute Gasteiger partial charge is 0.464 e. The van der Waals surface area contributed by atoms with E-state index in [9.17, 15) is 4.79 Å². The predicted molar refractivity (Wildman–Crippen MR) is 65.4 cm³/mol. The van der Waals surface area contributed by atoms with Crippen LogP contribution < -0.4 is 5.73 Å². The zero-order chi connectivity index (χ0) is 13.8. The minimum atomic E-state index is -0.538. The van der Waals surface area contributed by atoms with Gasteiger partial charge in [-0.1, -0.05) is 12.1 Å². The van der Waals surface area contributed by atoms with Crippen LogP contribution in [0.1, 0.15) is 29.1 Å². The van der Waals surface area contributed by atoms with Gasteiger partial charge in [0.1, 0.15) is 11.6 Å². The van der Waals surface area contributed by atoms with Crippen LogP contribution in [0.15, 0.2) is 10.9 Å². The molecule has 0 aliphatic rings. The normalized spacial score (nSPS) is 10.6. The van der Waals surface area contributed by atoms with Gasteiger partial charge in [0, 0.05) is 19.4 Å². The van der Waals surface area contributed by atoms with E-state index in [0.717, 1.165) is 5.82 Å². The van der Waals surface area contributed by atoms with Gasteiger partial charge >= 0.3 is 5.97 Å². The molecule has 2 aromatic heterocycles. The van der Waals surface area contributed by atoms with E-state index in [1.165, 1.54) is 13.4 Å². The predicted octanol–water partition coefficient (Wildman–Crippen LogP) is 0.440. The van der Waals surface area contributed by atoms with Crippen LogP contribution in [0.2, 0.25) is 0 Å². The lowest BCUT2D eigenvalue weighted by Gasteiger charge is -2.06. The Bertz CT molecular complexity index is 561. The molecule has 0 amide bonds. The highest BCUT2D eigenvalue weighted by Crippen LogP contribution is 2.17. The molecular weight excluding hydrogens is 250 g/mol. The minimum absolute atomic E-state index is 0.143. The second-order valence-electron chi connectivity index (χ2n) is 3.84. The molecule has 8 nitrogen and oxygen atoms in total. The summed E-state index contributed by atoms with van der Waals surface area (Å²) in [5, 5.41) is 3.53. The number of rotatable bonds is 5. The van der Waals surface area contributed by atoms with Gasteiger partial charge in [-0.15, -0.1) is 0 Å². The zero-order valence-corrected chi connectivity index (χ0v) is 10.8. The molecule has 0 aliphatic carbocycles. The summed E-state index contributed by atoms with van der Waals surface area (Å²) >= 11 is 0. The Morgan fingerprint density at radius 2 is 2.37 bits per heavy atom. The van der Waals surface area contributed by atoms with Crippen molar-refractivity contribution >= 4 is 11.8 Å². The van der Waals surface area contributed by atoms with Gasteiger partial charge in [-0.05, 0) is 0 Å². The van der Waals surface area contributed by atoms with Gasteiger partial charge in [0.15, 0.2) is 12.0 Å². The maximum Gasteiger partial charge on any atom is 0.360 e. The molecule has 0 bridgehead atoms. The Hall–Kier alpha value is -2.38. The van der Waals surface area contributed by atoms with E-state index in [-0.39, 0.29) is 5.69 Å². The van der Waals surface area contributed by atoms with Gasteiger partial charge in [-0.2, -0.15) is 4.98 Å². The molecule has 0 unspecified atom stereocenters. The highest BCUT2D eigenvalue weighted by molar-refractivity contribution is 5.92. The summed E-state index contributed by atoms with van der Waals surface area (Å²) in [6, 6.07) is 0. The number of methoxy groups -OCH3 is 1. The quantitative estimate of drug-likeness (QED) is 0.781. The molecular formula is C11H15N5O3. The third-order valence-corrected chi connectivity index (χ3v) is 2.74. The molecule has 0 aliphatic heterocycles. The van der Waals surface area contributed by atoms with Crippen molar-refractivity contribution in [2.24, 2.45) is 0 Å². The molecule has 0 atom stereocenters. The van der Waals surface area contributed by atoms with Gasteiger partial charge < -0.3 is 19.6 Å². The molecule has 102 valence electrons. The zero-order valence-electron chi connectivity index (χ0n) is 10.8. The van der Waals surface area contributed by atoms with Crippen LogP contribution in [-0.4, -0.2) is 32.8 Å². The van der Waals surface area contributed by atoms with Crippen LogP contribution in [0.4, 0.5) is 5.82 Å². The first kappa shape index (κ1) is 13.1. The molecule has 2 aromatic rings. The number of aryl methyl sites for hydroxylation is 2. The SMILES string of the molecule is CCc1nc(C(=O)OC)c(N)n1CCc1ncno1. The molecule has 2 rings (SSSR count). The molecule has 0 spiro atoms. The molecule has 0 fully saturated rings. The maximum atomic E-state index is 11.5. The summed E-state index contributed by atoms with van der Waals surface area (Å²) in [5.41, 5.74) is 6.07. The smallest absolute Gasteiger partial charge is 0.360 e. The second-order valence-corrected chi connectivity index (χ2v) is 3.84. The van der Waals surface area contributed by atoms with Crippen molar-refractivity contribution in [3.8, 4) is 0 Å². The number of nitrogens with two attached hydrogens (primary N) is 1. The Labute approximate surface area is 109 Å².